The number of carbonyl (C=O) groups is 1. The van der Waals surface area contributed by atoms with Crippen molar-refractivity contribution in [2.45, 2.75) is 17.1 Å². The molecule has 3 rings (SSSR count). The van der Waals surface area contributed by atoms with E-state index in [1.54, 1.807) is 0 Å². The van der Waals surface area contributed by atoms with Crippen LogP contribution in [0.1, 0.15) is 26.9 Å². The SMILES string of the molecule is Cc1cc(S(=O)(=O)[C@H](CNC(=O)c2c(F)cccc2Cl)c2ccco2)ccc1F. The van der Waals surface area contributed by atoms with Gasteiger partial charge in [0, 0.05) is 6.54 Å². The van der Waals surface area contributed by atoms with Gasteiger partial charge in [-0.3, -0.25) is 4.79 Å². The molecule has 1 atom stereocenters. The van der Waals surface area contributed by atoms with Gasteiger partial charge in [-0.25, -0.2) is 17.2 Å². The van der Waals surface area contributed by atoms with E-state index in [1.807, 2.05) is 0 Å². The normalized spacial score (nSPS) is 12.6. The second-order valence-electron chi connectivity index (χ2n) is 6.27. The van der Waals surface area contributed by atoms with Crippen LogP contribution in [0.4, 0.5) is 8.78 Å². The number of carbonyl (C=O) groups excluding carboxylic acids is 1. The van der Waals surface area contributed by atoms with Crippen molar-refractivity contribution in [2.75, 3.05) is 6.54 Å². The summed E-state index contributed by atoms with van der Waals surface area (Å²) in [6.45, 7) is 1.04. The number of nitrogens with one attached hydrogen (secondary N) is 1. The Morgan fingerprint density at radius 2 is 1.90 bits per heavy atom. The molecule has 1 amide bonds. The molecule has 0 spiro atoms. The molecule has 0 unspecified atom stereocenters. The number of furan rings is 1. The highest BCUT2D eigenvalue weighted by molar-refractivity contribution is 7.91. The average molecular weight is 440 g/mol. The summed E-state index contributed by atoms with van der Waals surface area (Å²) >= 11 is 5.88. The molecule has 0 saturated heterocycles. The molecule has 0 bridgehead atoms. The summed E-state index contributed by atoms with van der Waals surface area (Å²) in [6.07, 6.45) is 1.29. The summed E-state index contributed by atoms with van der Waals surface area (Å²) in [7, 11) is -4.06. The lowest BCUT2D eigenvalue weighted by atomic mass is 10.2. The van der Waals surface area contributed by atoms with Crippen LogP contribution in [0, 0.1) is 18.6 Å². The molecule has 29 heavy (non-hydrogen) atoms. The third-order valence-electron chi connectivity index (χ3n) is 4.33. The fourth-order valence-electron chi connectivity index (χ4n) is 2.78. The Bertz CT molecular complexity index is 1130. The van der Waals surface area contributed by atoms with Crippen molar-refractivity contribution in [3.05, 3.63) is 88.3 Å². The van der Waals surface area contributed by atoms with Gasteiger partial charge in [0.2, 0.25) is 0 Å². The minimum Gasteiger partial charge on any atom is -0.468 e. The number of rotatable bonds is 6. The van der Waals surface area contributed by atoms with Gasteiger partial charge in [0.25, 0.3) is 5.91 Å². The zero-order valence-corrected chi connectivity index (χ0v) is 16.7. The second-order valence-corrected chi connectivity index (χ2v) is 8.80. The monoisotopic (exact) mass is 439 g/mol. The first-order valence-electron chi connectivity index (χ1n) is 8.47. The van der Waals surface area contributed by atoms with Crippen molar-refractivity contribution < 1.29 is 26.4 Å². The van der Waals surface area contributed by atoms with Gasteiger partial charge < -0.3 is 9.73 Å². The van der Waals surface area contributed by atoms with Gasteiger partial charge in [-0.2, -0.15) is 0 Å². The Balaban J connectivity index is 1.93. The maximum Gasteiger partial charge on any atom is 0.255 e. The van der Waals surface area contributed by atoms with E-state index in [9.17, 15) is 22.0 Å². The Hall–Kier alpha value is -2.71. The number of hydrogen-bond donors (Lipinski definition) is 1. The molecule has 1 N–H and O–H groups in total. The number of halogens is 3. The summed E-state index contributed by atoms with van der Waals surface area (Å²) < 4.78 is 59.0. The molecular weight excluding hydrogens is 424 g/mol. The molecule has 9 heteroatoms. The zero-order chi connectivity index (χ0) is 21.2. The Morgan fingerprint density at radius 1 is 1.14 bits per heavy atom. The van der Waals surface area contributed by atoms with Crippen molar-refractivity contribution in [3.63, 3.8) is 0 Å². The summed E-state index contributed by atoms with van der Waals surface area (Å²) in [6, 6.07) is 10.1. The molecule has 0 radical (unpaired) electrons. The molecule has 0 aliphatic carbocycles. The third kappa shape index (κ3) is 4.33. The van der Waals surface area contributed by atoms with Crippen molar-refractivity contribution in [2.24, 2.45) is 0 Å². The van der Waals surface area contributed by atoms with Crippen LogP contribution in [-0.2, 0) is 9.84 Å². The molecule has 5 nitrogen and oxygen atoms in total. The van der Waals surface area contributed by atoms with Gasteiger partial charge in [-0.15, -0.1) is 0 Å². The lowest BCUT2D eigenvalue weighted by molar-refractivity contribution is 0.0949. The number of hydrogen-bond acceptors (Lipinski definition) is 4. The Kier molecular flexibility index (Phi) is 6.04. The summed E-state index contributed by atoms with van der Waals surface area (Å²) in [4.78, 5) is 12.3. The van der Waals surface area contributed by atoms with E-state index in [0.717, 1.165) is 18.2 Å². The maximum absolute atomic E-state index is 14.0. The summed E-state index contributed by atoms with van der Waals surface area (Å²) in [5.74, 6) is -2.16. The highest BCUT2D eigenvalue weighted by Crippen LogP contribution is 2.30. The molecule has 1 heterocycles. The second kappa shape index (κ2) is 8.34. The predicted octanol–water partition coefficient (Wildman–Crippen LogP) is 4.46. The van der Waals surface area contributed by atoms with E-state index in [2.05, 4.69) is 5.32 Å². The summed E-state index contributed by atoms with van der Waals surface area (Å²) in [5.41, 5.74) is -0.228. The first kappa shape index (κ1) is 21.0. The molecule has 2 aromatic carbocycles. The van der Waals surface area contributed by atoms with Crippen LogP contribution in [0.15, 0.2) is 64.1 Å². The minimum absolute atomic E-state index is 0.0758. The van der Waals surface area contributed by atoms with E-state index < -0.39 is 39.2 Å². The standard InChI is InChI=1S/C20H16ClF2NO4S/c1-12-10-13(7-8-15(12)22)29(26,27)18(17-6-3-9-28-17)11-24-20(25)19-14(21)4-2-5-16(19)23/h2-10,18H,11H2,1H3,(H,24,25)/t18-/m1/s1. The molecule has 0 saturated carbocycles. The number of benzene rings is 2. The minimum atomic E-state index is -4.06. The summed E-state index contributed by atoms with van der Waals surface area (Å²) in [5, 5.41) is 0.983. The average Bonchev–Trinajstić information content (AvgIpc) is 3.18. The number of aryl methyl sites for hydroxylation is 1. The van der Waals surface area contributed by atoms with Gasteiger partial charge in [-0.1, -0.05) is 17.7 Å². The third-order valence-corrected chi connectivity index (χ3v) is 6.70. The predicted molar refractivity (Wildman–Crippen MR) is 104 cm³/mol. The van der Waals surface area contributed by atoms with Gasteiger partial charge in [-0.05, 0) is 55.0 Å². The van der Waals surface area contributed by atoms with Crippen molar-refractivity contribution in [1.82, 2.24) is 5.32 Å². The first-order valence-corrected chi connectivity index (χ1v) is 10.4. The van der Waals surface area contributed by atoms with Gasteiger partial charge in [0.1, 0.15) is 22.6 Å². The Morgan fingerprint density at radius 3 is 2.52 bits per heavy atom. The molecule has 1 aromatic heterocycles. The highest BCUT2D eigenvalue weighted by Gasteiger charge is 2.32. The van der Waals surface area contributed by atoms with Crippen molar-refractivity contribution >= 4 is 27.3 Å². The number of sulfone groups is 1. The molecule has 0 aliphatic heterocycles. The van der Waals surface area contributed by atoms with Gasteiger partial charge in [0.05, 0.1) is 21.7 Å². The van der Waals surface area contributed by atoms with Gasteiger partial charge >= 0.3 is 0 Å². The largest absolute Gasteiger partial charge is 0.468 e. The molecule has 152 valence electrons. The van der Waals surface area contributed by atoms with E-state index >= 15 is 0 Å². The van der Waals surface area contributed by atoms with Crippen LogP contribution >= 0.6 is 11.6 Å². The van der Waals surface area contributed by atoms with Crippen LogP contribution in [0.3, 0.4) is 0 Å². The maximum atomic E-state index is 14.0. The molecule has 0 aliphatic rings. The quantitative estimate of drug-likeness (QED) is 0.575. The van der Waals surface area contributed by atoms with Crippen LogP contribution in [0.2, 0.25) is 5.02 Å². The lowest BCUT2D eigenvalue weighted by Gasteiger charge is -2.17. The van der Waals surface area contributed by atoms with Crippen LogP contribution in [0.5, 0.6) is 0 Å². The molecular formula is C20H16ClF2NO4S. The van der Waals surface area contributed by atoms with Crippen molar-refractivity contribution in [1.29, 1.82) is 0 Å². The van der Waals surface area contributed by atoms with E-state index in [4.69, 9.17) is 16.0 Å². The van der Waals surface area contributed by atoms with Crippen LogP contribution in [-0.4, -0.2) is 20.9 Å². The molecule has 3 aromatic rings. The van der Waals surface area contributed by atoms with Crippen LogP contribution in [0.25, 0.3) is 0 Å². The highest BCUT2D eigenvalue weighted by atomic mass is 35.5. The van der Waals surface area contributed by atoms with Gasteiger partial charge in [0.15, 0.2) is 9.84 Å². The van der Waals surface area contributed by atoms with E-state index in [0.29, 0.717) is 0 Å². The molecule has 0 fully saturated rings. The van der Waals surface area contributed by atoms with E-state index in [-0.39, 0.29) is 26.8 Å². The fraction of sp³-hybridized carbons (Fsp3) is 0.150. The Labute approximate surface area is 171 Å². The topological polar surface area (TPSA) is 76.4 Å². The van der Waals surface area contributed by atoms with Crippen molar-refractivity contribution in [3.8, 4) is 0 Å². The fourth-order valence-corrected chi connectivity index (χ4v) is 4.70. The zero-order valence-electron chi connectivity index (χ0n) is 15.2. The smallest absolute Gasteiger partial charge is 0.255 e. The lowest BCUT2D eigenvalue weighted by Crippen LogP contribution is -2.32. The first-order chi connectivity index (χ1) is 13.7. The van der Waals surface area contributed by atoms with E-state index in [1.165, 1.54) is 43.5 Å². The number of amides is 1. The van der Waals surface area contributed by atoms with Crippen LogP contribution < -0.4 is 5.32 Å².